The molecule has 0 saturated carbocycles. The lowest BCUT2D eigenvalue weighted by Crippen LogP contribution is -2.06. The van der Waals surface area contributed by atoms with Crippen molar-refractivity contribution in [3.8, 4) is 6.07 Å². The Labute approximate surface area is 115 Å². The molecular weight excluding hydrogens is 256 g/mol. The van der Waals surface area contributed by atoms with Gasteiger partial charge in [-0.1, -0.05) is 24.3 Å². The van der Waals surface area contributed by atoms with Gasteiger partial charge < -0.3 is 5.32 Å². The van der Waals surface area contributed by atoms with E-state index in [0.717, 1.165) is 11.1 Å². The molecule has 1 aromatic carbocycles. The molecule has 6 heteroatoms. The van der Waals surface area contributed by atoms with Gasteiger partial charge in [0.2, 0.25) is 5.82 Å². The van der Waals surface area contributed by atoms with Gasteiger partial charge in [-0.25, -0.2) is 4.98 Å². The molecule has 0 aliphatic carbocycles. The number of rotatable bonds is 4. The summed E-state index contributed by atoms with van der Waals surface area (Å²) in [7, 11) is 0. The zero-order chi connectivity index (χ0) is 14.5. The lowest BCUT2D eigenvalue weighted by Gasteiger charge is -2.08. The predicted octanol–water partition coefficient (Wildman–Crippen LogP) is 2.78. The van der Waals surface area contributed by atoms with Gasteiger partial charge >= 0.3 is 5.69 Å². The van der Waals surface area contributed by atoms with E-state index in [1.54, 1.807) is 0 Å². The molecule has 100 valence electrons. The summed E-state index contributed by atoms with van der Waals surface area (Å²) in [6, 6.07) is 10.8. The van der Waals surface area contributed by atoms with Gasteiger partial charge in [-0.15, -0.1) is 0 Å². The molecule has 2 rings (SSSR count). The first-order chi connectivity index (χ1) is 9.61. The summed E-state index contributed by atoms with van der Waals surface area (Å²) in [5.41, 5.74) is 2.10. The molecule has 0 fully saturated rings. The molecule has 1 aromatic heterocycles. The molecule has 0 spiro atoms. The van der Waals surface area contributed by atoms with Gasteiger partial charge in [-0.2, -0.15) is 5.26 Å². The van der Waals surface area contributed by atoms with Crippen molar-refractivity contribution in [2.24, 2.45) is 0 Å². The molecule has 2 aromatic rings. The summed E-state index contributed by atoms with van der Waals surface area (Å²) in [5, 5.41) is 22.7. The van der Waals surface area contributed by atoms with Crippen LogP contribution in [-0.2, 0) is 6.54 Å². The SMILES string of the molecule is Cc1ccccc1CNc1ncc(C#N)cc1[N+](=O)[O-]. The fourth-order valence-electron chi connectivity index (χ4n) is 1.78. The van der Waals surface area contributed by atoms with Gasteiger partial charge in [0, 0.05) is 18.8 Å². The highest BCUT2D eigenvalue weighted by atomic mass is 16.6. The molecule has 0 saturated heterocycles. The molecule has 1 heterocycles. The number of pyridine rings is 1. The van der Waals surface area contributed by atoms with E-state index in [1.807, 2.05) is 37.3 Å². The van der Waals surface area contributed by atoms with Crippen LogP contribution >= 0.6 is 0 Å². The number of anilines is 1. The third-order valence-corrected chi connectivity index (χ3v) is 2.90. The van der Waals surface area contributed by atoms with Crippen LogP contribution in [-0.4, -0.2) is 9.91 Å². The first-order valence-corrected chi connectivity index (χ1v) is 5.94. The second-order valence-corrected chi connectivity index (χ2v) is 4.24. The van der Waals surface area contributed by atoms with Crippen LogP contribution in [0.5, 0.6) is 0 Å². The maximum Gasteiger partial charge on any atom is 0.312 e. The normalized spacial score (nSPS) is 9.80. The Kier molecular flexibility index (Phi) is 3.91. The molecule has 0 bridgehead atoms. The average Bonchev–Trinajstić information content (AvgIpc) is 2.46. The molecular formula is C14H12N4O2. The number of aryl methyl sites for hydroxylation is 1. The Balaban J connectivity index is 2.24. The van der Waals surface area contributed by atoms with E-state index >= 15 is 0 Å². The molecule has 0 atom stereocenters. The van der Waals surface area contributed by atoms with Gasteiger partial charge in [0.1, 0.15) is 6.07 Å². The number of hydrogen-bond acceptors (Lipinski definition) is 5. The third-order valence-electron chi connectivity index (χ3n) is 2.90. The largest absolute Gasteiger partial charge is 0.360 e. The van der Waals surface area contributed by atoms with Crippen molar-refractivity contribution >= 4 is 11.5 Å². The molecule has 20 heavy (non-hydrogen) atoms. The summed E-state index contributed by atoms with van der Waals surface area (Å²) >= 11 is 0. The Morgan fingerprint density at radius 3 is 2.85 bits per heavy atom. The number of hydrogen-bond donors (Lipinski definition) is 1. The minimum Gasteiger partial charge on any atom is -0.360 e. The molecule has 0 aliphatic heterocycles. The summed E-state index contributed by atoms with van der Waals surface area (Å²) in [6.07, 6.45) is 1.31. The van der Waals surface area contributed by atoms with Crippen LogP contribution in [0.4, 0.5) is 11.5 Å². The second-order valence-electron chi connectivity index (χ2n) is 4.24. The maximum absolute atomic E-state index is 11.0. The monoisotopic (exact) mass is 268 g/mol. The second kappa shape index (κ2) is 5.80. The minimum atomic E-state index is -0.548. The Morgan fingerprint density at radius 2 is 2.20 bits per heavy atom. The van der Waals surface area contributed by atoms with Crippen molar-refractivity contribution in [1.29, 1.82) is 5.26 Å². The number of nitrogens with one attached hydrogen (secondary N) is 1. The highest BCUT2D eigenvalue weighted by molar-refractivity contribution is 5.58. The zero-order valence-electron chi connectivity index (χ0n) is 10.8. The fourth-order valence-corrected chi connectivity index (χ4v) is 1.78. The minimum absolute atomic E-state index is 0.164. The molecule has 0 radical (unpaired) electrons. The molecule has 6 nitrogen and oxygen atoms in total. The van der Waals surface area contributed by atoms with Gasteiger partial charge in [0.15, 0.2) is 0 Å². The van der Waals surface area contributed by atoms with E-state index in [9.17, 15) is 10.1 Å². The summed E-state index contributed by atoms with van der Waals surface area (Å²) in [6.45, 7) is 2.41. The van der Waals surface area contributed by atoms with E-state index < -0.39 is 4.92 Å². The van der Waals surface area contributed by atoms with Crippen molar-refractivity contribution in [2.45, 2.75) is 13.5 Å². The lowest BCUT2D eigenvalue weighted by molar-refractivity contribution is -0.384. The topological polar surface area (TPSA) is 91.8 Å². The van der Waals surface area contributed by atoms with Crippen LogP contribution in [0, 0.1) is 28.4 Å². The quantitative estimate of drug-likeness (QED) is 0.680. The maximum atomic E-state index is 11.0. The number of aromatic nitrogens is 1. The molecule has 0 unspecified atom stereocenters. The number of nitro groups is 1. The van der Waals surface area contributed by atoms with Gasteiger partial charge in [-0.3, -0.25) is 10.1 Å². The molecule has 0 amide bonds. The van der Waals surface area contributed by atoms with Crippen LogP contribution < -0.4 is 5.32 Å². The lowest BCUT2D eigenvalue weighted by atomic mass is 10.1. The molecule has 0 aliphatic rings. The van der Waals surface area contributed by atoms with Crippen LogP contribution in [0.25, 0.3) is 0 Å². The first kappa shape index (κ1) is 13.5. The van der Waals surface area contributed by atoms with Gasteiger partial charge in [0.25, 0.3) is 0 Å². The highest BCUT2D eigenvalue weighted by Crippen LogP contribution is 2.23. The smallest absolute Gasteiger partial charge is 0.312 e. The van der Waals surface area contributed by atoms with Crippen molar-refractivity contribution in [3.63, 3.8) is 0 Å². The first-order valence-electron chi connectivity index (χ1n) is 5.94. The van der Waals surface area contributed by atoms with E-state index in [1.165, 1.54) is 12.3 Å². The van der Waals surface area contributed by atoms with Gasteiger partial charge in [-0.05, 0) is 18.1 Å². The molecule has 1 N–H and O–H groups in total. The van der Waals surface area contributed by atoms with E-state index in [-0.39, 0.29) is 17.1 Å². The Morgan fingerprint density at radius 1 is 1.45 bits per heavy atom. The Hall–Kier alpha value is -2.94. The number of nitriles is 1. The summed E-state index contributed by atoms with van der Waals surface area (Å²) in [4.78, 5) is 14.4. The Bertz CT molecular complexity index is 692. The standard InChI is InChI=1S/C14H12N4O2/c1-10-4-2-3-5-12(10)9-17-14-13(18(19)20)6-11(7-15)8-16-14/h2-6,8H,9H2,1H3,(H,16,17). The van der Waals surface area contributed by atoms with Gasteiger partial charge in [0.05, 0.1) is 10.5 Å². The van der Waals surface area contributed by atoms with Crippen LogP contribution in [0.15, 0.2) is 36.5 Å². The number of nitrogens with zero attached hydrogens (tertiary/aromatic N) is 3. The summed E-state index contributed by atoms with van der Waals surface area (Å²) < 4.78 is 0. The zero-order valence-corrected chi connectivity index (χ0v) is 10.8. The summed E-state index contributed by atoms with van der Waals surface area (Å²) in [5.74, 6) is 0.164. The van der Waals surface area contributed by atoms with E-state index in [2.05, 4.69) is 10.3 Å². The average molecular weight is 268 g/mol. The van der Waals surface area contributed by atoms with Crippen molar-refractivity contribution in [3.05, 3.63) is 63.3 Å². The third kappa shape index (κ3) is 2.90. The van der Waals surface area contributed by atoms with Crippen LogP contribution in [0.1, 0.15) is 16.7 Å². The van der Waals surface area contributed by atoms with E-state index in [0.29, 0.717) is 6.54 Å². The number of benzene rings is 1. The fraction of sp³-hybridized carbons (Fsp3) is 0.143. The van der Waals surface area contributed by atoms with Crippen molar-refractivity contribution in [2.75, 3.05) is 5.32 Å². The van der Waals surface area contributed by atoms with Crippen molar-refractivity contribution < 1.29 is 4.92 Å². The van der Waals surface area contributed by atoms with Crippen LogP contribution in [0.3, 0.4) is 0 Å². The van der Waals surface area contributed by atoms with E-state index in [4.69, 9.17) is 5.26 Å². The predicted molar refractivity (Wildman–Crippen MR) is 74.1 cm³/mol. The van der Waals surface area contributed by atoms with Crippen molar-refractivity contribution in [1.82, 2.24) is 4.98 Å². The van der Waals surface area contributed by atoms with Crippen LogP contribution in [0.2, 0.25) is 0 Å². The highest BCUT2D eigenvalue weighted by Gasteiger charge is 2.16.